The molecule has 2 atom stereocenters. The van der Waals surface area contributed by atoms with Gasteiger partial charge in [-0.1, -0.05) is 19.8 Å². The normalized spacial score (nSPS) is 22.4. The largest absolute Gasteiger partial charge is 0.491 e. The van der Waals surface area contributed by atoms with Crippen molar-refractivity contribution in [2.24, 2.45) is 5.92 Å². The van der Waals surface area contributed by atoms with E-state index in [9.17, 15) is 0 Å². The first-order valence-electron chi connectivity index (χ1n) is 7.31. The first kappa shape index (κ1) is 14.2. The second kappa shape index (κ2) is 7.39. The summed E-state index contributed by atoms with van der Waals surface area (Å²) in [4.78, 5) is 0. The molecule has 19 heavy (non-hydrogen) atoms. The van der Waals surface area contributed by atoms with E-state index in [0.29, 0.717) is 19.3 Å². The molecule has 3 heteroatoms. The molecule has 0 amide bonds. The zero-order valence-corrected chi connectivity index (χ0v) is 12.0. The van der Waals surface area contributed by atoms with Crippen LogP contribution in [0.3, 0.4) is 0 Å². The Bertz CT molecular complexity index is 364. The number of hydrogen-bond donors (Lipinski definition) is 1. The number of methoxy groups -OCH3 is 1. The van der Waals surface area contributed by atoms with E-state index in [1.165, 1.54) is 31.4 Å². The Hall–Kier alpha value is -1.22. The van der Waals surface area contributed by atoms with Crippen molar-refractivity contribution in [3.05, 3.63) is 24.3 Å². The highest BCUT2D eigenvalue weighted by Gasteiger charge is 2.25. The Morgan fingerprint density at radius 3 is 2.63 bits per heavy atom. The lowest BCUT2D eigenvalue weighted by Gasteiger charge is -2.21. The van der Waals surface area contributed by atoms with Gasteiger partial charge in [-0.25, -0.2) is 0 Å². The molecular weight excluding hydrogens is 238 g/mol. The van der Waals surface area contributed by atoms with Crippen LogP contribution < -0.4 is 10.1 Å². The van der Waals surface area contributed by atoms with Crippen LogP contribution in [-0.4, -0.2) is 26.4 Å². The summed E-state index contributed by atoms with van der Waals surface area (Å²) in [5.74, 6) is 1.73. The van der Waals surface area contributed by atoms with Gasteiger partial charge in [-0.15, -0.1) is 0 Å². The summed E-state index contributed by atoms with van der Waals surface area (Å²) in [5.41, 5.74) is 1.20. The van der Waals surface area contributed by atoms with E-state index < -0.39 is 0 Å². The van der Waals surface area contributed by atoms with Crippen LogP contribution in [0.1, 0.15) is 32.6 Å². The summed E-state index contributed by atoms with van der Waals surface area (Å²) in [6, 6.07) is 8.90. The maximum absolute atomic E-state index is 5.56. The van der Waals surface area contributed by atoms with Gasteiger partial charge in [0.1, 0.15) is 12.4 Å². The van der Waals surface area contributed by atoms with Gasteiger partial charge < -0.3 is 14.8 Å². The molecule has 106 valence electrons. The first-order chi connectivity index (χ1) is 9.33. The van der Waals surface area contributed by atoms with Crippen molar-refractivity contribution in [1.29, 1.82) is 0 Å². The molecule has 0 spiro atoms. The Kier molecular flexibility index (Phi) is 5.52. The van der Waals surface area contributed by atoms with Gasteiger partial charge >= 0.3 is 0 Å². The average Bonchev–Trinajstić information content (AvgIpc) is 2.88. The van der Waals surface area contributed by atoms with Crippen LogP contribution in [0.15, 0.2) is 24.3 Å². The van der Waals surface area contributed by atoms with Gasteiger partial charge in [-0.3, -0.25) is 0 Å². The minimum atomic E-state index is 0.601. The van der Waals surface area contributed by atoms with Crippen LogP contribution in [0.2, 0.25) is 0 Å². The van der Waals surface area contributed by atoms with Gasteiger partial charge in [0.15, 0.2) is 0 Å². The molecule has 1 aliphatic rings. The number of ether oxygens (including phenoxy) is 2. The van der Waals surface area contributed by atoms with Crippen molar-refractivity contribution < 1.29 is 9.47 Å². The maximum Gasteiger partial charge on any atom is 0.119 e. The van der Waals surface area contributed by atoms with Crippen molar-refractivity contribution in [2.75, 3.05) is 25.6 Å². The highest BCUT2D eigenvalue weighted by Crippen LogP contribution is 2.31. The topological polar surface area (TPSA) is 30.5 Å². The van der Waals surface area contributed by atoms with Crippen molar-refractivity contribution in [3.8, 4) is 5.75 Å². The van der Waals surface area contributed by atoms with Crippen LogP contribution in [0.25, 0.3) is 0 Å². The standard InChI is InChI=1S/C16H25NO2/c1-3-13-5-4-6-16(13)17-14-7-9-15(10-8-14)19-12-11-18-2/h7-10,13,16-17H,3-6,11-12H2,1-2H3. The maximum atomic E-state index is 5.56. The zero-order chi connectivity index (χ0) is 13.5. The third kappa shape index (κ3) is 4.13. The summed E-state index contributed by atoms with van der Waals surface area (Å²) < 4.78 is 10.5. The van der Waals surface area contributed by atoms with Crippen LogP contribution >= 0.6 is 0 Å². The second-order valence-corrected chi connectivity index (χ2v) is 5.22. The molecule has 1 saturated carbocycles. The van der Waals surface area contributed by atoms with Crippen LogP contribution in [-0.2, 0) is 4.74 Å². The highest BCUT2D eigenvalue weighted by molar-refractivity contribution is 5.47. The Morgan fingerprint density at radius 2 is 1.95 bits per heavy atom. The number of hydrogen-bond acceptors (Lipinski definition) is 3. The third-order valence-electron chi connectivity index (χ3n) is 3.95. The van der Waals surface area contributed by atoms with Crippen LogP contribution in [0.5, 0.6) is 5.75 Å². The lowest BCUT2D eigenvalue weighted by molar-refractivity contribution is 0.146. The highest BCUT2D eigenvalue weighted by atomic mass is 16.5. The summed E-state index contributed by atoms with van der Waals surface area (Å²) in [6.07, 6.45) is 5.29. The van der Waals surface area contributed by atoms with Crippen molar-refractivity contribution in [1.82, 2.24) is 0 Å². The molecule has 1 aromatic rings. The molecule has 0 aromatic heterocycles. The van der Waals surface area contributed by atoms with Gasteiger partial charge in [-0.2, -0.15) is 0 Å². The molecule has 0 bridgehead atoms. The van der Waals surface area contributed by atoms with E-state index in [2.05, 4.69) is 24.4 Å². The van der Waals surface area contributed by atoms with Crippen molar-refractivity contribution in [2.45, 2.75) is 38.6 Å². The van der Waals surface area contributed by atoms with Crippen LogP contribution in [0, 0.1) is 5.92 Å². The van der Waals surface area contributed by atoms with E-state index in [-0.39, 0.29) is 0 Å². The average molecular weight is 263 g/mol. The lowest BCUT2D eigenvalue weighted by atomic mass is 10.0. The SMILES string of the molecule is CCC1CCCC1Nc1ccc(OCCOC)cc1. The van der Waals surface area contributed by atoms with E-state index in [4.69, 9.17) is 9.47 Å². The smallest absolute Gasteiger partial charge is 0.119 e. The van der Waals surface area contributed by atoms with Gasteiger partial charge in [0.2, 0.25) is 0 Å². The van der Waals surface area contributed by atoms with E-state index in [1.54, 1.807) is 7.11 Å². The molecule has 0 saturated heterocycles. The molecule has 1 aromatic carbocycles. The number of nitrogens with one attached hydrogen (secondary N) is 1. The first-order valence-corrected chi connectivity index (χ1v) is 7.31. The monoisotopic (exact) mass is 263 g/mol. The predicted octanol–water partition coefficient (Wildman–Crippen LogP) is 3.70. The molecular formula is C16H25NO2. The Labute approximate surface area is 116 Å². The second-order valence-electron chi connectivity index (χ2n) is 5.22. The summed E-state index contributed by atoms with van der Waals surface area (Å²) in [5, 5.41) is 3.66. The molecule has 0 radical (unpaired) electrons. The van der Waals surface area contributed by atoms with Gasteiger partial charge in [0.25, 0.3) is 0 Å². The van der Waals surface area contributed by atoms with E-state index in [1.807, 2.05) is 12.1 Å². The summed E-state index contributed by atoms with van der Waals surface area (Å²) in [6.45, 7) is 3.52. The number of anilines is 1. The van der Waals surface area contributed by atoms with Crippen molar-refractivity contribution >= 4 is 5.69 Å². The molecule has 1 aliphatic carbocycles. The van der Waals surface area contributed by atoms with Gasteiger partial charge in [-0.05, 0) is 43.0 Å². The fraction of sp³-hybridized carbons (Fsp3) is 0.625. The minimum absolute atomic E-state index is 0.601. The molecule has 1 fully saturated rings. The Morgan fingerprint density at radius 1 is 1.16 bits per heavy atom. The predicted molar refractivity (Wildman–Crippen MR) is 78.9 cm³/mol. The molecule has 0 heterocycles. The molecule has 2 unspecified atom stereocenters. The van der Waals surface area contributed by atoms with Gasteiger partial charge in [0.05, 0.1) is 6.61 Å². The van der Waals surface area contributed by atoms with Crippen molar-refractivity contribution in [3.63, 3.8) is 0 Å². The summed E-state index contributed by atoms with van der Waals surface area (Å²) >= 11 is 0. The van der Waals surface area contributed by atoms with Gasteiger partial charge in [0, 0.05) is 18.8 Å². The lowest BCUT2D eigenvalue weighted by Crippen LogP contribution is -2.23. The molecule has 3 nitrogen and oxygen atoms in total. The van der Waals surface area contributed by atoms with E-state index >= 15 is 0 Å². The Balaban J connectivity index is 1.84. The molecule has 2 rings (SSSR count). The third-order valence-corrected chi connectivity index (χ3v) is 3.95. The van der Waals surface area contributed by atoms with E-state index in [0.717, 1.165) is 11.7 Å². The zero-order valence-electron chi connectivity index (χ0n) is 12.0. The fourth-order valence-electron chi connectivity index (χ4n) is 2.82. The number of rotatable bonds is 7. The minimum Gasteiger partial charge on any atom is -0.491 e. The fourth-order valence-corrected chi connectivity index (χ4v) is 2.82. The summed E-state index contributed by atoms with van der Waals surface area (Å²) in [7, 11) is 1.68. The molecule has 1 N–H and O–H groups in total. The molecule has 0 aliphatic heterocycles. The number of benzene rings is 1. The van der Waals surface area contributed by atoms with Crippen LogP contribution in [0.4, 0.5) is 5.69 Å². The quantitative estimate of drug-likeness (QED) is 0.761.